The number of Topliss-reactive ketones (excluding diaryl/α,β-unsaturated/α-hetero) is 1. The van der Waals surface area contributed by atoms with E-state index in [1.807, 2.05) is 18.2 Å². The molecule has 0 radical (unpaired) electrons. The molecule has 0 atom stereocenters. The number of carbonyl (C=O) groups is 1. The highest BCUT2D eigenvalue weighted by Gasteiger charge is 2.32. The van der Waals surface area contributed by atoms with E-state index >= 15 is 0 Å². The molecule has 2 aromatic rings. The zero-order valence-corrected chi connectivity index (χ0v) is 12.4. The zero-order valence-electron chi connectivity index (χ0n) is 12.4. The van der Waals surface area contributed by atoms with Crippen molar-refractivity contribution in [1.82, 2.24) is 0 Å². The largest absolute Gasteiger partial charge is 0.492 e. The number of halogens is 1. The summed E-state index contributed by atoms with van der Waals surface area (Å²) in [6.45, 7) is 6.31. The maximum atomic E-state index is 14.1. The summed E-state index contributed by atoms with van der Waals surface area (Å²) in [5, 5.41) is 0. The van der Waals surface area contributed by atoms with Gasteiger partial charge in [-0.3, -0.25) is 4.79 Å². The summed E-state index contributed by atoms with van der Waals surface area (Å²) in [6, 6.07) is 10.2. The molecular formula is C18H17FO2. The smallest absolute Gasteiger partial charge is 0.159 e. The molecule has 2 aromatic carbocycles. The van der Waals surface area contributed by atoms with E-state index in [-0.39, 0.29) is 17.0 Å². The Bertz CT molecular complexity index is 732. The highest BCUT2D eigenvalue weighted by atomic mass is 19.1. The van der Waals surface area contributed by atoms with Gasteiger partial charge in [-0.25, -0.2) is 4.39 Å². The molecule has 1 aliphatic heterocycles. The molecule has 0 N–H and O–H groups in total. The van der Waals surface area contributed by atoms with Crippen molar-refractivity contribution in [1.29, 1.82) is 0 Å². The van der Waals surface area contributed by atoms with Crippen LogP contribution in [0.25, 0.3) is 11.1 Å². The molecule has 3 heteroatoms. The average Bonchev–Trinajstić information content (AvgIpc) is 2.74. The minimum Gasteiger partial charge on any atom is -0.492 e. The third-order valence-corrected chi connectivity index (χ3v) is 3.98. The minimum atomic E-state index is -0.323. The minimum absolute atomic E-state index is 0.0685. The van der Waals surface area contributed by atoms with Crippen LogP contribution in [-0.4, -0.2) is 12.4 Å². The first-order valence-corrected chi connectivity index (χ1v) is 6.97. The normalized spacial score (nSPS) is 15.4. The number of ether oxygens (including phenoxy) is 1. The Labute approximate surface area is 123 Å². The van der Waals surface area contributed by atoms with Crippen LogP contribution >= 0.6 is 0 Å². The number of hydrogen-bond donors (Lipinski definition) is 0. The number of ketones is 1. The van der Waals surface area contributed by atoms with Gasteiger partial charge in [0.05, 0.1) is 6.61 Å². The van der Waals surface area contributed by atoms with Gasteiger partial charge in [-0.05, 0) is 42.8 Å². The summed E-state index contributed by atoms with van der Waals surface area (Å²) in [7, 11) is 0. The summed E-state index contributed by atoms with van der Waals surface area (Å²) < 4.78 is 19.8. The van der Waals surface area contributed by atoms with E-state index in [1.54, 1.807) is 6.07 Å². The number of carbonyl (C=O) groups excluding carboxylic acids is 1. The molecular weight excluding hydrogens is 267 g/mol. The van der Waals surface area contributed by atoms with Crippen LogP contribution in [0.1, 0.15) is 36.7 Å². The fraction of sp³-hybridized carbons (Fsp3) is 0.278. The molecule has 0 saturated heterocycles. The van der Waals surface area contributed by atoms with Gasteiger partial charge in [0.25, 0.3) is 0 Å². The number of benzene rings is 2. The summed E-state index contributed by atoms with van der Waals surface area (Å²) >= 11 is 0. The van der Waals surface area contributed by atoms with Crippen LogP contribution in [0.2, 0.25) is 0 Å². The Balaban J connectivity index is 2.14. The second-order valence-electron chi connectivity index (χ2n) is 6.13. The van der Waals surface area contributed by atoms with E-state index in [4.69, 9.17) is 4.74 Å². The fourth-order valence-electron chi connectivity index (χ4n) is 2.65. The molecule has 108 valence electrons. The highest BCUT2D eigenvalue weighted by Crippen LogP contribution is 2.40. The van der Waals surface area contributed by atoms with Crippen LogP contribution in [0.4, 0.5) is 4.39 Å². The van der Waals surface area contributed by atoms with Gasteiger partial charge < -0.3 is 4.74 Å². The van der Waals surface area contributed by atoms with Crippen LogP contribution in [0.5, 0.6) is 5.75 Å². The van der Waals surface area contributed by atoms with Crippen LogP contribution in [0, 0.1) is 5.82 Å². The molecule has 0 bridgehead atoms. The van der Waals surface area contributed by atoms with Gasteiger partial charge >= 0.3 is 0 Å². The number of fused-ring (bicyclic) bond motifs is 1. The molecule has 1 aliphatic rings. The molecule has 0 unspecified atom stereocenters. The van der Waals surface area contributed by atoms with E-state index in [0.29, 0.717) is 17.7 Å². The molecule has 21 heavy (non-hydrogen) atoms. The summed E-state index contributed by atoms with van der Waals surface area (Å²) in [5.41, 5.74) is 2.73. The van der Waals surface area contributed by atoms with Gasteiger partial charge in [0.1, 0.15) is 11.6 Å². The Morgan fingerprint density at radius 1 is 1.19 bits per heavy atom. The van der Waals surface area contributed by atoms with E-state index in [2.05, 4.69) is 13.8 Å². The first-order chi connectivity index (χ1) is 9.88. The lowest BCUT2D eigenvalue weighted by molar-refractivity contribution is 0.101. The molecule has 1 heterocycles. The standard InChI is InChI=1S/C18H17FO2/c1-11(20)12-4-6-16(19)14(8-12)13-5-7-17-15(9-13)18(2,3)10-21-17/h4-9H,10H2,1-3H3. The lowest BCUT2D eigenvalue weighted by atomic mass is 9.85. The van der Waals surface area contributed by atoms with Crippen molar-refractivity contribution in [3.63, 3.8) is 0 Å². The maximum Gasteiger partial charge on any atom is 0.159 e. The predicted octanol–water partition coefficient (Wildman–Crippen LogP) is 4.37. The molecule has 0 aromatic heterocycles. The molecule has 0 saturated carbocycles. The first-order valence-electron chi connectivity index (χ1n) is 6.97. The van der Waals surface area contributed by atoms with Crippen LogP contribution < -0.4 is 4.74 Å². The Morgan fingerprint density at radius 3 is 2.67 bits per heavy atom. The Morgan fingerprint density at radius 2 is 1.95 bits per heavy atom. The van der Waals surface area contributed by atoms with Gasteiger partial charge in [-0.15, -0.1) is 0 Å². The van der Waals surface area contributed by atoms with Crippen LogP contribution in [0.15, 0.2) is 36.4 Å². The second-order valence-corrected chi connectivity index (χ2v) is 6.13. The molecule has 0 amide bonds. The third-order valence-electron chi connectivity index (χ3n) is 3.98. The van der Waals surface area contributed by atoms with Gasteiger partial charge in [0.15, 0.2) is 5.78 Å². The molecule has 0 spiro atoms. The van der Waals surface area contributed by atoms with Crippen molar-refractivity contribution in [3.8, 4) is 16.9 Å². The lowest BCUT2D eigenvalue weighted by Crippen LogP contribution is -2.18. The SMILES string of the molecule is CC(=O)c1ccc(F)c(-c2ccc3c(c2)C(C)(C)CO3)c1. The maximum absolute atomic E-state index is 14.1. The molecule has 3 rings (SSSR count). The molecule has 2 nitrogen and oxygen atoms in total. The molecule has 0 fully saturated rings. The molecule has 0 aliphatic carbocycles. The summed E-state index contributed by atoms with van der Waals surface area (Å²) in [4.78, 5) is 11.5. The van der Waals surface area contributed by atoms with E-state index < -0.39 is 0 Å². The van der Waals surface area contributed by atoms with E-state index in [1.165, 1.54) is 19.1 Å². The van der Waals surface area contributed by atoms with Crippen molar-refractivity contribution in [2.45, 2.75) is 26.2 Å². The van der Waals surface area contributed by atoms with Gasteiger partial charge in [0.2, 0.25) is 0 Å². The number of hydrogen-bond acceptors (Lipinski definition) is 2. The quantitative estimate of drug-likeness (QED) is 0.766. The van der Waals surface area contributed by atoms with Gasteiger partial charge in [0, 0.05) is 22.1 Å². The third kappa shape index (κ3) is 2.33. The predicted molar refractivity (Wildman–Crippen MR) is 80.4 cm³/mol. The topological polar surface area (TPSA) is 26.3 Å². The fourth-order valence-corrected chi connectivity index (χ4v) is 2.65. The monoisotopic (exact) mass is 284 g/mol. The van der Waals surface area contributed by atoms with Crippen molar-refractivity contribution < 1.29 is 13.9 Å². The van der Waals surface area contributed by atoms with Gasteiger partial charge in [-0.1, -0.05) is 19.9 Å². The van der Waals surface area contributed by atoms with E-state index in [9.17, 15) is 9.18 Å². The first kappa shape index (κ1) is 13.8. The van der Waals surface area contributed by atoms with Crippen LogP contribution in [0.3, 0.4) is 0 Å². The lowest BCUT2D eigenvalue weighted by Gasteiger charge is -2.16. The van der Waals surface area contributed by atoms with Gasteiger partial charge in [-0.2, -0.15) is 0 Å². The number of rotatable bonds is 2. The van der Waals surface area contributed by atoms with Crippen molar-refractivity contribution in [3.05, 3.63) is 53.3 Å². The van der Waals surface area contributed by atoms with Crippen LogP contribution in [-0.2, 0) is 5.41 Å². The second kappa shape index (κ2) is 4.69. The van der Waals surface area contributed by atoms with Crippen molar-refractivity contribution >= 4 is 5.78 Å². The average molecular weight is 284 g/mol. The Kier molecular flexibility index (Phi) is 3.08. The zero-order chi connectivity index (χ0) is 15.2. The highest BCUT2D eigenvalue weighted by molar-refractivity contribution is 5.95. The van der Waals surface area contributed by atoms with Crippen molar-refractivity contribution in [2.24, 2.45) is 0 Å². The summed E-state index contributed by atoms with van der Waals surface area (Å²) in [6.07, 6.45) is 0. The Hall–Kier alpha value is -2.16. The summed E-state index contributed by atoms with van der Waals surface area (Å²) in [5.74, 6) is 0.463. The van der Waals surface area contributed by atoms with Crippen molar-refractivity contribution in [2.75, 3.05) is 6.61 Å². The van der Waals surface area contributed by atoms with E-state index in [0.717, 1.165) is 16.9 Å².